The van der Waals surface area contributed by atoms with Crippen LogP contribution in [-0.4, -0.2) is 42.8 Å². The quantitative estimate of drug-likeness (QED) is 0.134. The number of oxime groups is 1. The van der Waals surface area contributed by atoms with E-state index in [-0.39, 0.29) is 32.1 Å². The average molecular weight is 547 g/mol. The van der Waals surface area contributed by atoms with Crippen molar-refractivity contribution in [3.8, 4) is 0 Å². The van der Waals surface area contributed by atoms with Gasteiger partial charge in [-0.15, -0.1) is 0 Å². The van der Waals surface area contributed by atoms with Gasteiger partial charge < -0.3 is 24.4 Å². The Bertz CT molecular complexity index is 987. The molecule has 0 saturated heterocycles. The van der Waals surface area contributed by atoms with Gasteiger partial charge in [0.1, 0.15) is 24.9 Å². The van der Waals surface area contributed by atoms with Crippen LogP contribution in [0.25, 0.3) is 0 Å². The van der Waals surface area contributed by atoms with Crippen molar-refractivity contribution in [3.63, 3.8) is 0 Å². The van der Waals surface area contributed by atoms with E-state index in [4.69, 9.17) is 19.0 Å². The standard InChI is InChI=1S/C26H31BrN2O6/c1-5-16-33-24(30)22(28-25(31)35-26(2,3)4)15-17-32-23(20-11-13-21(27)14-12-20)29-34-18-19-9-7-6-8-10-19/h5-14,22H,1,15-18H2,2-4H3,(H,28,31)/b29-23+/t22-/m0/s1. The molecular formula is C26H31BrN2O6. The van der Waals surface area contributed by atoms with E-state index >= 15 is 0 Å². The number of amides is 1. The number of rotatable bonds is 11. The van der Waals surface area contributed by atoms with E-state index in [1.165, 1.54) is 6.08 Å². The van der Waals surface area contributed by atoms with Crippen LogP contribution in [0.3, 0.4) is 0 Å². The van der Waals surface area contributed by atoms with Gasteiger partial charge in [0.2, 0.25) is 0 Å². The van der Waals surface area contributed by atoms with Crippen molar-refractivity contribution in [1.82, 2.24) is 5.32 Å². The van der Waals surface area contributed by atoms with Crippen molar-refractivity contribution in [1.29, 1.82) is 0 Å². The Balaban J connectivity index is 2.07. The Kier molecular flexibility index (Phi) is 11.3. The van der Waals surface area contributed by atoms with E-state index in [2.05, 4.69) is 33.0 Å². The lowest BCUT2D eigenvalue weighted by Crippen LogP contribution is -2.45. The van der Waals surface area contributed by atoms with E-state index in [9.17, 15) is 9.59 Å². The van der Waals surface area contributed by atoms with E-state index in [1.807, 2.05) is 54.6 Å². The van der Waals surface area contributed by atoms with Crippen molar-refractivity contribution in [2.75, 3.05) is 13.2 Å². The third kappa shape index (κ3) is 11.1. The van der Waals surface area contributed by atoms with Crippen molar-refractivity contribution in [2.45, 2.75) is 45.4 Å². The molecule has 0 bridgehead atoms. The van der Waals surface area contributed by atoms with Crippen molar-refractivity contribution >= 4 is 33.9 Å². The maximum absolute atomic E-state index is 12.5. The summed E-state index contributed by atoms with van der Waals surface area (Å²) in [6.45, 7) is 9.06. The fraction of sp³-hybridized carbons (Fsp3) is 0.346. The van der Waals surface area contributed by atoms with E-state index in [0.29, 0.717) is 5.56 Å². The third-order valence-electron chi connectivity index (χ3n) is 4.28. The number of halogens is 1. The minimum Gasteiger partial charge on any atom is -0.475 e. The summed E-state index contributed by atoms with van der Waals surface area (Å²) in [4.78, 5) is 30.2. The van der Waals surface area contributed by atoms with Crippen LogP contribution in [0, 0.1) is 0 Å². The first-order valence-electron chi connectivity index (χ1n) is 11.1. The second-order valence-corrected chi connectivity index (χ2v) is 9.33. The highest BCUT2D eigenvalue weighted by Gasteiger charge is 2.25. The molecule has 0 fully saturated rings. The molecule has 0 aliphatic heterocycles. The normalized spacial score (nSPS) is 12.3. The number of carbonyl (C=O) groups excluding carboxylic acids is 2. The molecule has 2 aromatic carbocycles. The topological polar surface area (TPSA) is 95.5 Å². The molecule has 9 heteroatoms. The number of carbonyl (C=O) groups is 2. The summed E-state index contributed by atoms with van der Waals surface area (Å²) < 4.78 is 17.1. The van der Waals surface area contributed by atoms with Gasteiger partial charge in [0.25, 0.3) is 5.90 Å². The van der Waals surface area contributed by atoms with Crippen LogP contribution < -0.4 is 5.32 Å². The molecule has 0 heterocycles. The van der Waals surface area contributed by atoms with Gasteiger partial charge in [-0.05, 0) is 55.8 Å². The molecule has 0 unspecified atom stereocenters. The van der Waals surface area contributed by atoms with Gasteiger partial charge in [0.05, 0.1) is 6.61 Å². The summed E-state index contributed by atoms with van der Waals surface area (Å²) in [5.41, 5.74) is 0.929. The van der Waals surface area contributed by atoms with Crippen molar-refractivity contribution < 1.29 is 28.6 Å². The Morgan fingerprint density at radius 1 is 1.09 bits per heavy atom. The maximum atomic E-state index is 12.5. The first-order chi connectivity index (χ1) is 16.7. The lowest BCUT2D eigenvalue weighted by Gasteiger charge is -2.23. The molecular weight excluding hydrogens is 516 g/mol. The summed E-state index contributed by atoms with van der Waals surface area (Å²) in [7, 11) is 0. The summed E-state index contributed by atoms with van der Waals surface area (Å²) >= 11 is 3.41. The number of nitrogens with zero attached hydrogens (tertiary/aromatic N) is 1. The molecule has 8 nitrogen and oxygen atoms in total. The molecule has 1 atom stereocenters. The Hall–Kier alpha value is -3.33. The molecule has 2 aromatic rings. The predicted octanol–water partition coefficient (Wildman–Crippen LogP) is 5.36. The molecule has 0 aliphatic rings. The molecule has 2 rings (SSSR count). The maximum Gasteiger partial charge on any atom is 0.408 e. The van der Waals surface area contributed by atoms with Crippen LogP contribution in [0.5, 0.6) is 0 Å². The van der Waals surface area contributed by atoms with Crippen LogP contribution in [0.15, 0.2) is 76.9 Å². The summed E-state index contributed by atoms with van der Waals surface area (Å²) in [6, 6.07) is 16.0. The number of hydrogen-bond acceptors (Lipinski definition) is 7. The second-order valence-electron chi connectivity index (χ2n) is 8.42. The fourth-order valence-corrected chi connectivity index (χ4v) is 2.97. The number of hydrogen-bond donors (Lipinski definition) is 1. The Labute approximate surface area is 214 Å². The van der Waals surface area contributed by atoms with Gasteiger partial charge in [-0.3, -0.25) is 0 Å². The third-order valence-corrected chi connectivity index (χ3v) is 4.81. The highest BCUT2D eigenvalue weighted by Crippen LogP contribution is 2.13. The average Bonchev–Trinajstić information content (AvgIpc) is 2.81. The van der Waals surface area contributed by atoms with E-state index in [0.717, 1.165) is 10.0 Å². The number of benzene rings is 2. The van der Waals surface area contributed by atoms with E-state index < -0.39 is 23.7 Å². The van der Waals surface area contributed by atoms with Crippen molar-refractivity contribution in [3.05, 3.63) is 82.9 Å². The first-order valence-corrected chi connectivity index (χ1v) is 11.9. The van der Waals surface area contributed by atoms with Gasteiger partial charge in [-0.25, -0.2) is 9.59 Å². The zero-order valence-corrected chi connectivity index (χ0v) is 21.7. The number of alkyl carbamates (subject to hydrolysis) is 1. The number of ether oxygens (including phenoxy) is 3. The molecule has 0 radical (unpaired) electrons. The highest BCUT2D eigenvalue weighted by atomic mass is 79.9. The minimum absolute atomic E-state index is 0.0190. The van der Waals surface area contributed by atoms with Gasteiger partial charge in [0, 0.05) is 16.5 Å². The zero-order chi connectivity index (χ0) is 25.7. The predicted molar refractivity (Wildman–Crippen MR) is 137 cm³/mol. The molecule has 188 valence electrons. The molecule has 35 heavy (non-hydrogen) atoms. The van der Waals surface area contributed by atoms with Gasteiger partial charge >= 0.3 is 12.1 Å². The van der Waals surface area contributed by atoms with Crippen LogP contribution in [0.2, 0.25) is 0 Å². The van der Waals surface area contributed by atoms with E-state index in [1.54, 1.807) is 20.8 Å². The monoisotopic (exact) mass is 546 g/mol. The van der Waals surface area contributed by atoms with Crippen LogP contribution in [0.1, 0.15) is 38.3 Å². The van der Waals surface area contributed by atoms with Crippen LogP contribution in [-0.2, 0) is 30.4 Å². The van der Waals surface area contributed by atoms with Gasteiger partial charge in [-0.2, -0.15) is 0 Å². The Morgan fingerprint density at radius 3 is 2.40 bits per heavy atom. The van der Waals surface area contributed by atoms with Crippen molar-refractivity contribution in [2.24, 2.45) is 5.16 Å². The second kappa shape index (κ2) is 14.2. The van der Waals surface area contributed by atoms with Crippen LogP contribution >= 0.6 is 15.9 Å². The smallest absolute Gasteiger partial charge is 0.408 e. The van der Waals surface area contributed by atoms with Crippen LogP contribution in [0.4, 0.5) is 4.79 Å². The zero-order valence-electron chi connectivity index (χ0n) is 20.2. The molecule has 0 aromatic heterocycles. The minimum atomic E-state index is -0.985. The highest BCUT2D eigenvalue weighted by molar-refractivity contribution is 9.10. The molecule has 0 saturated carbocycles. The first kappa shape index (κ1) is 27.9. The fourth-order valence-electron chi connectivity index (χ4n) is 2.71. The van der Waals surface area contributed by atoms with Gasteiger partial charge in [0.15, 0.2) is 0 Å². The number of nitrogens with one attached hydrogen (secondary N) is 1. The summed E-state index contributed by atoms with van der Waals surface area (Å²) in [5, 5.41) is 6.70. The summed E-state index contributed by atoms with van der Waals surface area (Å²) in [5.74, 6) is -0.384. The lowest BCUT2D eigenvalue weighted by molar-refractivity contribution is -0.145. The summed E-state index contributed by atoms with van der Waals surface area (Å²) in [6.07, 6.45) is 0.830. The van der Waals surface area contributed by atoms with Gasteiger partial charge in [-0.1, -0.05) is 58.9 Å². The largest absolute Gasteiger partial charge is 0.475 e. The molecule has 0 aliphatic carbocycles. The SMILES string of the molecule is C=CCOC(=O)[C@H](CCO/C(=N/OCc1ccccc1)c1ccc(Br)cc1)NC(=O)OC(C)(C)C. The molecule has 1 amide bonds. The molecule has 1 N–H and O–H groups in total. The number of esters is 1. The Morgan fingerprint density at radius 2 is 1.77 bits per heavy atom. The molecule has 0 spiro atoms. The lowest BCUT2D eigenvalue weighted by atomic mass is 10.2.